The molecule has 5 heteroatoms. The third kappa shape index (κ3) is 5.56. The molecular weight excluding hydrogens is 367 g/mol. The summed E-state index contributed by atoms with van der Waals surface area (Å²) in [5, 5.41) is 0. The van der Waals surface area contributed by atoms with Crippen molar-refractivity contribution in [2.45, 2.75) is 63.1 Å². The van der Waals surface area contributed by atoms with Gasteiger partial charge in [0, 0.05) is 14.7 Å². The predicted molar refractivity (Wildman–Crippen MR) is 107 cm³/mol. The maximum Gasteiger partial charge on any atom is 0.314 e. The molecular formula is C21H30ClFO2Si. The highest BCUT2D eigenvalue weighted by Crippen LogP contribution is 2.41. The number of carbonyl (C=O) groups is 1. The van der Waals surface area contributed by atoms with Gasteiger partial charge in [0.1, 0.15) is 11.6 Å². The Morgan fingerprint density at radius 1 is 1.04 bits per heavy atom. The minimum Gasteiger partial charge on any atom is -0.426 e. The summed E-state index contributed by atoms with van der Waals surface area (Å²) in [5.41, 5.74) is 0. The van der Waals surface area contributed by atoms with E-state index in [1.807, 2.05) is 0 Å². The van der Waals surface area contributed by atoms with Gasteiger partial charge in [-0.25, -0.2) is 4.39 Å². The van der Waals surface area contributed by atoms with Crippen molar-refractivity contribution >= 4 is 26.4 Å². The lowest BCUT2D eigenvalue weighted by molar-refractivity contribution is -0.140. The molecule has 2 aliphatic rings. The number of rotatable bonds is 6. The molecule has 1 heterocycles. The van der Waals surface area contributed by atoms with Crippen molar-refractivity contribution in [3.8, 4) is 5.75 Å². The van der Waals surface area contributed by atoms with E-state index in [2.05, 4.69) is 0 Å². The van der Waals surface area contributed by atoms with Gasteiger partial charge in [-0.2, -0.15) is 0 Å². The molecule has 0 radical (unpaired) electrons. The Bertz CT molecular complexity index is 564. The number of halogens is 2. The molecule has 0 atom stereocenters. The molecule has 0 amide bonds. The minimum atomic E-state index is -0.494. The van der Waals surface area contributed by atoms with Crippen molar-refractivity contribution in [3.63, 3.8) is 0 Å². The number of hydrogen-bond acceptors (Lipinski definition) is 2. The second-order valence-corrected chi connectivity index (χ2v) is 11.9. The molecule has 1 saturated heterocycles. The Morgan fingerprint density at radius 2 is 1.65 bits per heavy atom. The first-order valence-electron chi connectivity index (χ1n) is 10.2. The van der Waals surface area contributed by atoms with E-state index in [-0.39, 0.29) is 17.7 Å². The summed E-state index contributed by atoms with van der Waals surface area (Å²) < 4.78 is 18.4. The van der Waals surface area contributed by atoms with Crippen molar-refractivity contribution < 1.29 is 13.9 Å². The van der Waals surface area contributed by atoms with Gasteiger partial charge in [0.2, 0.25) is 0 Å². The van der Waals surface area contributed by atoms with Crippen molar-refractivity contribution in [1.82, 2.24) is 0 Å². The Balaban J connectivity index is 1.40. The number of carbonyl (C=O) groups excluding carboxylic acids is 1. The van der Waals surface area contributed by atoms with E-state index in [9.17, 15) is 9.18 Å². The van der Waals surface area contributed by atoms with Gasteiger partial charge < -0.3 is 4.74 Å². The number of esters is 1. The Morgan fingerprint density at radius 3 is 2.27 bits per heavy atom. The van der Waals surface area contributed by atoms with E-state index in [4.69, 9.17) is 16.3 Å². The molecule has 0 N–H and O–H groups in total. The fourth-order valence-corrected chi connectivity index (χ4v) is 8.70. The molecule has 144 valence electrons. The molecule has 26 heavy (non-hydrogen) atoms. The third-order valence-corrected chi connectivity index (χ3v) is 10.2. The van der Waals surface area contributed by atoms with Crippen LogP contribution in [0.1, 0.15) is 44.9 Å². The van der Waals surface area contributed by atoms with Crippen LogP contribution in [0, 0.1) is 23.6 Å². The summed E-state index contributed by atoms with van der Waals surface area (Å²) in [6, 6.07) is 10.1. The second-order valence-electron chi connectivity index (χ2n) is 8.10. The maximum atomic E-state index is 12.9. The molecule has 0 unspecified atom stereocenters. The molecule has 1 saturated carbocycles. The van der Waals surface area contributed by atoms with Crippen LogP contribution in [-0.4, -0.2) is 20.6 Å². The molecule has 2 nitrogen and oxygen atoms in total. The van der Waals surface area contributed by atoms with Crippen LogP contribution in [0.3, 0.4) is 0 Å². The van der Waals surface area contributed by atoms with Gasteiger partial charge in [0.25, 0.3) is 0 Å². The van der Waals surface area contributed by atoms with Crippen LogP contribution >= 0.6 is 11.6 Å². The van der Waals surface area contributed by atoms with Crippen LogP contribution in [0.4, 0.5) is 4.39 Å². The summed E-state index contributed by atoms with van der Waals surface area (Å²) in [4.78, 5) is 12.4. The zero-order valence-corrected chi connectivity index (χ0v) is 17.4. The summed E-state index contributed by atoms with van der Waals surface area (Å²) in [6.07, 6.45) is 8.22. The first-order valence-corrected chi connectivity index (χ1v) is 13.2. The molecule has 2 fully saturated rings. The normalized spacial score (nSPS) is 29.3. The monoisotopic (exact) mass is 396 g/mol. The number of hydrogen-bond donors (Lipinski definition) is 0. The Labute approximate surface area is 163 Å². The van der Waals surface area contributed by atoms with E-state index in [0.29, 0.717) is 5.75 Å². The highest BCUT2D eigenvalue weighted by Gasteiger charge is 2.33. The Kier molecular flexibility index (Phi) is 7.56. The highest BCUT2D eigenvalue weighted by atomic mass is 35.5. The number of benzene rings is 1. The van der Waals surface area contributed by atoms with Gasteiger partial charge >= 0.3 is 5.97 Å². The van der Waals surface area contributed by atoms with Crippen molar-refractivity contribution in [1.29, 1.82) is 0 Å². The fourth-order valence-electron chi connectivity index (χ4n) is 4.84. The average molecular weight is 397 g/mol. The zero-order chi connectivity index (χ0) is 18.4. The van der Waals surface area contributed by atoms with E-state index >= 15 is 0 Å². The lowest BCUT2D eigenvalue weighted by atomic mass is 9.74. The van der Waals surface area contributed by atoms with E-state index in [1.54, 1.807) is 0 Å². The van der Waals surface area contributed by atoms with Crippen molar-refractivity contribution in [2.24, 2.45) is 17.8 Å². The topological polar surface area (TPSA) is 26.3 Å². The van der Waals surface area contributed by atoms with Gasteiger partial charge in [0.15, 0.2) is 0 Å². The quantitative estimate of drug-likeness (QED) is 0.263. The first-order chi connectivity index (χ1) is 12.7. The molecule has 0 spiro atoms. The molecule has 1 aromatic carbocycles. The van der Waals surface area contributed by atoms with Gasteiger partial charge in [-0.15, -0.1) is 11.6 Å². The van der Waals surface area contributed by atoms with Crippen molar-refractivity contribution in [3.05, 3.63) is 30.1 Å². The van der Waals surface area contributed by atoms with Gasteiger partial charge in [-0.3, -0.25) is 4.79 Å². The maximum absolute atomic E-state index is 12.9. The molecule has 3 rings (SSSR count). The van der Waals surface area contributed by atoms with E-state index in [1.165, 1.54) is 61.7 Å². The third-order valence-electron chi connectivity index (χ3n) is 6.44. The fraction of sp³-hybridized carbons (Fsp3) is 0.667. The molecule has 1 aliphatic carbocycles. The zero-order valence-electron chi connectivity index (χ0n) is 15.5. The number of alkyl halides is 1. The first kappa shape index (κ1) is 19.9. The van der Waals surface area contributed by atoms with Crippen LogP contribution in [0.5, 0.6) is 5.75 Å². The molecule has 1 aliphatic heterocycles. The smallest absolute Gasteiger partial charge is 0.314 e. The summed E-state index contributed by atoms with van der Waals surface area (Å²) in [6.45, 7) is 0. The van der Waals surface area contributed by atoms with E-state index in [0.717, 1.165) is 43.4 Å². The lowest BCUT2D eigenvalue weighted by Crippen LogP contribution is -2.31. The SMILES string of the molecule is O=C(Oc1ccc(F)cc1)C1CCC(C2CC[SiH](CCCCl)CC2)CC1. The summed E-state index contributed by atoms with van der Waals surface area (Å²) in [7, 11) is -0.494. The number of ether oxygens (including phenoxy) is 1. The van der Waals surface area contributed by atoms with Crippen LogP contribution in [-0.2, 0) is 4.79 Å². The molecule has 1 aromatic rings. The van der Waals surface area contributed by atoms with Crippen LogP contribution in [0.25, 0.3) is 0 Å². The average Bonchev–Trinajstić information content (AvgIpc) is 2.68. The molecule has 0 aromatic heterocycles. The predicted octanol–water partition coefficient (Wildman–Crippen LogP) is 5.80. The van der Waals surface area contributed by atoms with Gasteiger partial charge in [0.05, 0.1) is 5.92 Å². The lowest BCUT2D eigenvalue weighted by Gasteiger charge is -2.37. The van der Waals surface area contributed by atoms with E-state index < -0.39 is 8.80 Å². The van der Waals surface area contributed by atoms with Crippen LogP contribution < -0.4 is 4.74 Å². The standard InChI is InChI=1S/C21H30ClFO2Si/c22-12-1-13-26-14-10-17(11-15-26)16-2-4-18(5-3-16)21(24)25-20-8-6-19(23)7-9-20/h6-9,16-18,26H,1-5,10-15H2. The Hall–Kier alpha value is -0.873. The largest absolute Gasteiger partial charge is 0.426 e. The van der Waals surface area contributed by atoms with Gasteiger partial charge in [-0.05, 0) is 68.2 Å². The molecule has 0 bridgehead atoms. The van der Waals surface area contributed by atoms with Crippen molar-refractivity contribution in [2.75, 3.05) is 5.88 Å². The minimum absolute atomic E-state index is 0.00531. The summed E-state index contributed by atoms with van der Waals surface area (Å²) >= 11 is 5.84. The summed E-state index contributed by atoms with van der Waals surface area (Å²) in [5.74, 6) is 2.49. The van der Waals surface area contributed by atoms with Gasteiger partial charge in [-0.1, -0.05) is 31.0 Å². The second kappa shape index (κ2) is 9.89. The van der Waals surface area contributed by atoms with Crippen LogP contribution in [0.2, 0.25) is 18.1 Å². The van der Waals surface area contributed by atoms with Crippen LogP contribution in [0.15, 0.2) is 24.3 Å². The highest BCUT2D eigenvalue weighted by molar-refractivity contribution is 6.59.